The molecule has 0 atom stereocenters. The van der Waals surface area contributed by atoms with Gasteiger partial charge in [-0.2, -0.15) is 0 Å². The van der Waals surface area contributed by atoms with Crippen molar-refractivity contribution >= 4 is 32.3 Å². The Morgan fingerprint density at radius 1 is 0.319 bits per heavy atom. The normalized spacial score (nSPS) is 14.6. The predicted molar refractivity (Wildman–Crippen MR) is 200 cm³/mol. The van der Waals surface area contributed by atoms with Crippen molar-refractivity contribution in [3.63, 3.8) is 0 Å². The first-order valence-electron chi connectivity index (χ1n) is 17.1. The fourth-order valence-corrected chi connectivity index (χ4v) is 9.23. The first kappa shape index (κ1) is 26.7. The van der Waals surface area contributed by atoms with E-state index in [0.717, 1.165) is 0 Å². The van der Waals surface area contributed by atoms with Crippen LogP contribution in [-0.2, 0) is 5.41 Å². The van der Waals surface area contributed by atoms with Gasteiger partial charge in [-0.05, 0) is 107 Å². The van der Waals surface area contributed by atoms with Crippen molar-refractivity contribution in [2.24, 2.45) is 0 Å². The van der Waals surface area contributed by atoms with Crippen molar-refractivity contribution in [3.8, 4) is 44.5 Å². The Balaban J connectivity index is 1.18. The van der Waals surface area contributed by atoms with Gasteiger partial charge in [0.2, 0.25) is 0 Å². The summed E-state index contributed by atoms with van der Waals surface area (Å²) in [6.07, 6.45) is 5.09. The molecule has 0 aromatic heterocycles. The molecule has 0 amide bonds. The predicted octanol–water partition coefficient (Wildman–Crippen LogP) is 13.0. The van der Waals surface area contributed by atoms with E-state index < -0.39 is 0 Å². The van der Waals surface area contributed by atoms with Crippen LogP contribution < -0.4 is 0 Å². The van der Waals surface area contributed by atoms with E-state index in [2.05, 4.69) is 158 Å². The maximum absolute atomic E-state index is 2.57. The van der Waals surface area contributed by atoms with E-state index >= 15 is 0 Å². The minimum atomic E-state index is 0.142. The molecule has 0 aliphatic heterocycles. The number of hydrogen-bond acceptors (Lipinski definition) is 0. The summed E-state index contributed by atoms with van der Waals surface area (Å²) in [5, 5.41) is 7.90. The molecular formula is C47H34. The number of fused-ring (bicyclic) bond motifs is 9. The maximum Gasteiger partial charge on any atom is 0.0215 e. The summed E-state index contributed by atoms with van der Waals surface area (Å²) in [6.45, 7) is 0. The van der Waals surface area contributed by atoms with E-state index in [1.165, 1.54) is 103 Å². The lowest BCUT2D eigenvalue weighted by atomic mass is 9.75. The summed E-state index contributed by atoms with van der Waals surface area (Å²) in [6, 6.07) is 59.0. The number of benzene rings is 8. The van der Waals surface area contributed by atoms with Crippen LogP contribution in [0.25, 0.3) is 76.8 Å². The van der Waals surface area contributed by atoms with E-state index in [0.29, 0.717) is 0 Å². The van der Waals surface area contributed by atoms with Gasteiger partial charge < -0.3 is 0 Å². The van der Waals surface area contributed by atoms with Crippen molar-refractivity contribution in [2.45, 2.75) is 31.1 Å². The summed E-state index contributed by atoms with van der Waals surface area (Å²) >= 11 is 0. The van der Waals surface area contributed by atoms with Gasteiger partial charge in [-0.15, -0.1) is 0 Å². The quantitative estimate of drug-likeness (QED) is 0.178. The zero-order valence-electron chi connectivity index (χ0n) is 26.3. The summed E-state index contributed by atoms with van der Waals surface area (Å²) in [7, 11) is 0. The fraction of sp³-hybridized carbons (Fsp3) is 0.106. The van der Waals surface area contributed by atoms with Crippen LogP contribution >= 0.6 is 0 Å². The Morgan fingerprint density at radius 2 is 0.766 bits per heavy atom. The zero-order chi connectivity index (χ0) is 31.0. The summed E-state index contributed by atoms with van der Waals surface area (Å²) in [5.41, 5.74) is 13.9. The third kappa shape index (κ3) is 3.82. The Kier molecular flexibility index (Phi) is 5.84. The third-order valence-electron chi connectivity index (χ3n) is 11.2. The van der Waals surface area contributed by atoms with Crippen molar-refractivity contribution in [1.29, 1.82) is 0 Å². The van der Waals surface area contributed by atoms with E-state index in [-0.39, 0.29) is 5.41 Å². The lowest BCUT2D eigenvalue weighted by molar-refractivity contribution is 0.550. The topological polar surface area (TPSA) is 0 Å². The number of hydrogen-bond donors (Lipinski definition) is 0. The molecule has 2 aliphatic rings. The SMILES string of the molecule is c1ccc(-c2c3ccccc3c(-c3ccc(-c4cc5c(c6ccccc46)-c4ccccc4C54CCCC4)cc3)c3ccccc23)cc1. The highest BCUT2D eigenvalue weighted by molar-refractivity contribution is 6.21. The van der Waals surface area contributed by atoms with Gasteiger partial charge in [-0.1, -0.05) is 165 Å². The van der Waals surface area contributed by atoms with Gasteiger partial charge >= 0.3 is 0 Å². The van der Waals surface area contributed by atoms with E-state index in [9.17, 15) is 0 Å². The first-order valence-corrected chi connectivity index (χ1v) is 17.1. The van der Waals surface area contributed by atoms with Crippen LogP contribution in [0, 0.1) is 0 Å². The maximum atomic E-state index is 2.57. The Labute approximate surface area is 276 Å². The van der Waals surface area contributed by atoms with Crippen molar-refractivity contribution < 1.29 is 0 Å². The summed E-state index contributed by atoms with van der Waals surface area (Å²) in [4.78, 5) is 0. The molecule has 0 heteroatoms. The molecular weight excluding hydrogens is 565 g/mol. The van der Waals surface area contributed by atoms with Crippen LogP contribution in [0.4, 0.5) is 0 Å². The molecule has 0 nitrogen and oxygen atoms in total. The van der Waals surface area contributed by atoms with Crippen LogP contribution in [0.1, 0.15) is 36.8 Å². The minimum absolute atomic E-state index is 0.142. The second-order valence-corrected chi connectivity index (χ2v) is 13.5. The van der Waals surface area contributed by atoms with Crippen LogP contribution in [0.15, 0.2) is 158 Å². The highest BCUT2D eigenvalue weighted by atomic mass is 14.5. The molecule has 2 aliphatic carbocycles. The van der Waals surface area contributed by atoms with Gasteiger partial charge in [0.1, 0.15) is 0 Å². The van der Waals surface area contributed by atoms with Gasteiger partial charge in [0.25, 0.3) is 0 Å². The summed E-state index contributed by atoms with van der Waals surface area (Å²) < 4.78 is 0. The lowest BCUT2D eigenvalue weighted by Crippen LogP contribution is -2.20. The van der Waals surface area contributed by atoms with Gasteiger partial charge in [-0.3, -0.25) is 0 Å². The molecule has 47 heavy (non-hydrogen) atoms. The largest absolute Gasteiger partial charge is 0.0622 e. The van der Waals surface area contributed by atoms with Crippen molar-refractivity contribution in [2.75, 3.05) is 0 Å². The first-order chi connectivity index (χ1) is 23.3. The lowest BCUT2D eigenvalue weighted by Gasteiger charge is -2.27. The summed E-state index contributed by atoms with van der Waals surface area (Å²) in [5.74, 6) is 0. The molecule has 8 aromatic carbocycles. The molecule has 0 N–H and O–H groups in total. The van der Waals surface area contributed by atoms with Gasteiger partial charge in [0.15, 0.2) is 0 Å². The van der Waals surface area contributed by atoms with Crippen LogP contribution in [-0.4, -0.2) is 0 Å². The molecule has 8 aromatic rings. The van der Waals surface area contributed by atoms with Gasteiger partial charge in [0.05, 0.1) is 0 Å². The smallest absolute Gasteiger partial charge is 0.0215 e. The van der Waals surface area contributed by atoms with Gasteiger partial charge in [-0.25, -0.2) is 0 Å². The standard InChI is InChI=1S/C47H34/c1-2-14-32(15-3-1)44-36-18-6-8-20-38(36)45(39-21-9-7-19-37(39)44)33-26-24-31(25-27-33)41-30-43-46(35-17-5-4-16-34(35)41)40-22-10-11-23-42(40)47(43)28-12-13-29-47/h1-11,14-27,30H,12-13,28-29H2. The molecule has 1 fully saturated rings. The third-order valence-corrected chi connectivity index (χ3v) is 11.2. The van der Waals surface area contributed by atoms with Crippen molar-refractivity contribution in [1.82, 2.24) is 0 Å². The van der Waals surface area contributed by atoms with Crippen LogP contribution in [0.5, 0.6) is 0 Å². The van der Waals surface area contributed by atoms with Crippen molar-refractivity contribution in [3.05, 3.63) is 169 Å². The minimum Gasteiger partial charge on any atom is -0.0622 e. The molecule has 1 saturated carbocycles. The molecule has 10 rings (SSSR count). The second kappa shape index (κ2) is 10.3. The monoisotopic (exact) mass is 598 g/mol. The molecule has 222 valence electrons. The van der Waals surface area contributed by atoms with Gasteiger partial charge in [0, 0.05) is 5.41 Å². The molecule has 1 spiro atoms. The highest BCUT2D eigenvalue weighted by Crippen LogP contribution is 2.59. The molecule has 0 radical (unpaired) electrons. The molecule has 0 bridgehead atoms. The van der Waals surface area contributed by atoms with E-state index in [1.807, 2.05) is 0 Å². The van der Waals surface area contributed by atoms with E-state index in [1.54, 1.807) is 11.1 Å². The highest BCUT2D eigenvalue weighted by Gasteiger charge is 2.45. The Bertz CT molecular complexity index is 2440. The molecule has 0 unspecified atom stereocenters. The van der Waals surface area contributed by atoms with Crippen LogP contribution in [0.3, 0.4) is 0 Å². The Hall–Kier alpha value is -5.46. The van der Waals surface area contributed by atoms with Crippen LogP contribution in [0.2, 0.25) is 0 Å². The Morgan fingerprint density at radius 3 is 1.36 bits per heavy atom. The molecule has 0 saturated heterocycles. The second-order valence-electron chi connectivity index (χ2n) is 13.5. The molecule has 0 heterocycles. The average molecular weight is 599 g/mol. The fourth-order valence-electron chi connectivity index (χ4n) is 9.23. The van der Waals surface area contributed by atoms with E-state index in [4.69, 9.17) is 0 Å². The average Bonchev–Trinajstić information content (AvgIpc) is 3.75. The zero-order valence-corrected chi connectivity index (χ0v) is 26.3. The number of rotatable bonds is 3.